The van der Waals surface area contributed by atoms with Crippen LogP contribution in [0.15, 0.2) is 0 Å². The summed E-state index contributed by atoms with van der Waals surface area (Å²) in [7, 11) is 0. The van der Waals surface area contributed by atoms with Crippen molar-refractivity contribution in [3.63, 3.8) is 0 Å². The van der Waals surface area contributed by atoms with Crippen LogP contribution >= 0.6 is 0 Å². The average Bonchev–Trinajstić information content (AvgIpc) is 2.80. The molecule has 0 aromatic carbocycles. The zero-order valence-corrected chi connectivity index (χ0v) is 10.1. The third-order valence-electron chi connectivity index (χ3n) is 3.91. The fourth-order valence-electron chi connectivity index (χ4n) is 2.76. The molecule has 92 valence electrons. The van der Waals surface area contributed by atoms with Crippen LogP contribution in [-0.4, -0.2) is 37.1 Å². The number of nitrogens with one attached hydrogen (secondary N) is 3. The lowest BCUT2D eigenvalue weighted by Crippen LogP contribution is -2.57. The molecular formula is C12H23N3O. The summed E-state index contributed by atoms with van der Waals surface area (Å²) in [5.41, 5.74) is -0.280. The van der Waals surface area contributed by atoms with Crippen LogP contribution in [0.4, 0.5) is 0 Å². The van der Waals surface area contributed by atoms with Gasteiger partial charge in [-0.1, -0.05) is 6.92 Å². The average molecular weight is 225 g/mol. The minimum absolute atomic E-state index is 0.209. The van der Waals surface area contributed by atoms with E-state index in [-0.39, 0.29) is 11.4 Å². The van der Waals surface area contributed by atoms with Gasteiger partial charge in [-0.25, -0.2) is 0 Å². The van der Waals surface area contributed by atoms with Crippen molar-refractivity contribution in [1.29, 1.82) is 0 Å². The van der Waals surface area contributed by atoms with E-state index in [0.29, 0.717) is 6.04 Å². The third-order valence-corrected chi connectivity index (χ3v) is 3.91. The van der Waals surface area contributed by atoms with Crippen molar-refractivity contribution in [1.82, 2.24) is 16.0 Å². The first-order valence-corrected chi connectivity index (χ1v) is 6.53. The number of rotatable bonds is 3. The molecule has 16 heavy (non-hydrogen) atoms. The van der Waals surface area contributed by atoms with E-state index >= 15 is 0 Å². The van der Waals surface area contributed by atoms with E-state index in [9.17, 15) is 4.79 Å². The number of carbonyl (C=O) groups is 1. The topological polar surface area (TPSA) is 53.2 Å². The molecule has 4 heteroatoms. The fraction of sp³-hybridized carbons (Fsp3) is 0.917. The molecule has 3 N–H and O–H groups in total. The second-order valence-corrected chi connectivity index (χ2v) is 4.98. The lowest BCUT2D eigenvalue weighted by Gasteiger charge is -2.31. The zero-order chi connectivity index (χ0) is 11.4. The lowest BCUT2D eigenvalue weighted by atomic mass is 9.92. The maximum atomic E-state index is 12.3. The van der Waals surface area contributed by atoms with Gasteiger partial charge in [-0.2, -0.15) is 0 Å². The molecule has 2 saturated heterocycles. The number of amides is 1. The summed E-state index contributed by atoms with van der Waals surface area (Å²) >= 11 is 0. The minimum Gasteiger partial charge on any atom is -0.350 e. The first-order chi connectivity index (χ1) is 7.77. The molecule has 0 bridgehead atoms. The standard InChI is InChI=1S/C12H23N3O/c1-2-12(6-4-8-14-12)11(16)15-10-5-3-7-13-9-10/h10,13-14H,2-9H2,1H3,(H,15,16). The Labute approximate surface area is 97.6 Å². The highest BCUT2D eigenvalue weighted by atomic mass is 16.2. The van der Waals surface area contributed by atoms with Gasteiger partial charge in [0.25, 0.3) is 0 Å². The summed E-state index contributed by atoms with van der Waals surface area (Å²) < 4.78 is 0. The second-order valence-electron chi connectivity index (χ2n) is 4.98. The Morgan fingerprint density at radius 3 is 2.88 bits per heavy atom. The van der Waals surface area contributed by atoms with E-state index in [4.69, 9.17) is 0 Å². The predicted molar refractivity (Wildman–Crippen MR) is 64.3 cm³/mol. The first-order valence-electron chi connectivity index (χ1n) is 6.53. The number of hydrogen-bond acceptors (Lipinski definition) is 3. The Bertz CT molecular complexity index is 243. The molecule has 0 aliphatic carbocycles. The molecule has 2 aliphatic heterocycles. The Balaban J connectivity index is 1.90. The summed E-state index contributed by atoms with van der Waals surface area (Å²) in [5, 5.41) is 9.89. The molecule has 2 aliphatic rings. The number of hydrogen-bond donors (Lipinski definition) is 3. The van der Waals surface area contributed by atoms with E-state index in [1.807, 2.05) is 0 Å². The molecular weight excluding hydrogens is 202 g/mol. The van der Waals surface area contributed by atoms with Gasteiger partial charge in [0.15, 0.2) is 0 Å². The monoisotopic (exact) mass is 225 g/mol. The van der Waals surface area contributed by atoms with Crippen molar-refractivity contribution in [2.75, 3.05) is 19.6 Å². The van der Waals surface area contributed by atoms with E-state index in [2.05, 4.69) is 22.9 Å². The van der Waals surface area contributed by atoms with Crippen LogP contribution in [0.5, 0.6) is 0 Å². The molecule has 0 aromatic rings. The van der Waals surface area contributed by atoms with Crippen molar-refractivity contribution in [3.05, 3.63) is 0 Å². The highest BCUT2D eigenvalue weighted by Crippen LogP contribution is 2.23. The maximum absolute atomic E-state index is 12.3. The van der Waals surface area contributed by atoms with E-state index in [1.165, 1.54) is 0 Å². The van der Waals surface area contributed by atoms with E-state index in [0.717, 1.165) is 51.7 Å². The Morgan fingerprint density at radius 1 is 1.44 bits per heavy atom. The molecule has 0 aromatic heterocycles. The van der Waals surface area contributed by atoms with Gasteiger partial charge in [-0.05, 0) is 45.2 Å². The van der Waals surface area contributed by atoms with Gasteiger partial charge in [0.2, 0.25) is 5.91 Å². The van der Waals surface area contributed by atoms with Gasteiger partial charge in [0.05, 0.1) is 5.54 Å². The molecule has 2 atom stereocenters. The SMILES string of the molecule is CCC1(C(=O)NC2CCCNC2)CCCN1. The van der Waals surface area contributed by atoms with E-state index in [1.54, 1.807) is 0 Å². The second kappa shape index (κ2) is 5.15. The summed E-state index contributed by atoms with van der Waals surface area (Å²) in [6.07, 6.45) is 5.26. The van der Waals surface area contributed by atoms with Crippen LogP contribution < -0.4 is 16.0 Å². The first kappa shape index (κ1) is 11.9. The molecule has 4 nitrogen and oxygen atoms in total. The van der Waals surface area contributed by atoms with Crippen molar-refractivity contribution in [2.24, 2.45) is 0 Å². The quantitative estimate of drug-likeness (QED) is 0.651. The van der Waals surface area contributed by atoms with Gasteiger partial charge in [0.1, 0.15) is 0 Å². The van der Waals surface area contributed by atoms with Gasteiger partial charge < -0.3 is 16.0 Å². The van der Waals surface area contributed by atoms with Crippen LogP contribution in [0.25, 0.3) is 0 Å². The predicted octanol–water partition coefficient (Wildman–Crippen LogP) is 0.387. The maximum Gasteiger partial charge on any atom is 0.240 e. The molecule has 2 rings (SSSR count). The number of carbonyl (C=O) groups excluding carboxylic acids is 1. The summed E-state index contributed by atoms with van der Waals surface area (Å²) in [4.78, 5) is 12.3. The van der Waals surface area contributed by atoms with E-state index < -0.39 is 0 Å². The third kappa shape index (κ3) is 2.38. The van der Waals surface area contributed by atoms with Crippen molar-refractivity contribution >= 4 is 5.91 Å². The van der Waals surface area contributed by atoms with Gasteiger partial charge >= 0.3 is 0 Å². The zero-order valence-electron chi connectivity index (χ0n) is 10.1. The fourth-order valence-corrected chi connectivity index (χ4v) is 2.76. The van der Waals surface area contributed by atoms with Crippen LogP contribution in [0.3, 0.4) is 0 Å². The Hall–Kier alpha value is -0.610. The minimum atomic E-state index is -0.280. The highest BCUT2D eigenvalue weighted by Gasteiger charge is 2.39. The summed E-state index contributed by atoms with van der Waals surface area (Å²) in [6, 6.07) is 0.326. The largest absolute Gasteiger partial charge is 0.350 e. The van der Waals surface area contributed by atoms with Crippen LogP contribution in [-0.2, 0) is 4.79 Å². The van der Waals surface area contributed by atoms with Crippen molar-refractivity contribution < 1.29 is 4.79 Å². The molecule has 2 heterocycles. The van der Waals surface area contributed by atoms with Gasteiger partial charge in [0, 0.05) is 12.6 Å². The van der Waals surface area contributed by atoms with Crippen molar-refractivity contribution in [3.8, 4) is 0 Å². The normalized spacial score (nSPS) is 34.9. The summed E-state index contributed by atoms with van der Waals surface area (Å²) in [6.45, 7) is 5.08. The van der Waals surface area contributed by atoms with Crippen molar-refractivity contribution in [2.45, 2.75) is 50.6 Å². The van der Waals surface area contributed by atoms with Crippen LogP contribution in [0, 0.1) is 0 Å². The number of piperidine rings is 1. The highest BCUT2D eigenvalue weighted by molar-refractivity contribution is 5.86. The van der Waals surface area contributed by atoms with Gasteiger partial charge in [-0.15, -0.1) is 0 Å². The van der Waals surface area contributed by atoms with Gasteiger partial charge in [-0.3, -0.25) is 4.79 Å². The summed E-state index contributed by atoms with van der Waals surface area (Å²) in [5.74, 6) is 0.209. The smallest absolute Gasteiger partial charge is 0.240 e. The van der Waals surface area contributed by atoms with Crippen LogP contribution in [0.2, 0.25) is 0 Å². The molecule has 0 radical (unpaired) electrons. The molecule has 0 saturated carbocycles. The molecule has 1 amide bonds. The molecule has 0 spiro atoms. The molecule has 2 unspecified atom stereocenters. The Kier molecular flexibility index (Phi) is 3.82. The van der Waals surface area contributed by atoms with Crippen LogP contribution in [0.1, 0.15) is 39.0 Å². The lowest BCUT2D eigenvalue weighted by molar-refractivity contribution is -0.128. The molecule has 2 fully saturated rings. The Morgan fingerprint density at radius 2 is 2.31 bits per heavy atom.